The fraction of sp³-hybridized carbons (Fsp3) is 0. The number of pyridine rings is 1. The minimum Gasteiger partial charge on any atom is -0.296 e. The Morgan fingerprint density at radius 1 is 1.33 bits per heavy atom. The van der Waals surface area contributed by atoms with Crippen LogP contribution in [0.25, 0.3) is 11.0 Å². The Labute approximate surface area is 68.3 Å². The van der Waals surface area contributed by atoms with E-state index in [1.54, 1.807) is 18.3 Å². The van der Waals surface area contributed by atoms with Crippen molar-refractivity contribution in [1.82, 2.24) is 15.0 Å². The van der Waals surface area contributed by atoms with Crippen LogP contribution in [0.15, 0.2) is 24.7 Å². The molecule has 2 aromatic heterocycles. The average molecular weight is 159 g/mol. The molecule has 0 bridgehead atoms. The highest BCUT2D eigenvalue weighted by Gasteiger charge is 1.96. The Morgan fingerprint density at radius 2 is 2.25 bits per heavy atom. The molecule has 2 rings (SSSR count). The molecule has 0 aliphatic rings. The summed E-state index contributed by atoms with van der Waals surface area (Å²) in [5.74, 6) is 0. The van der Waals surface area contributed by atoms with Crippen LogP contribution in [0.3, 0.4) is 0 Å². The van der Waals surface area contributed by atoms with Gasteiger partial charge in [-0.2, -0.15) is 0 Å². The SMILES string of the molecule is O=Cc1ccc2cncnc2n1. The first-order valence-electron chi connectivity index (χ1n) is 3.42. The van der Waals surface area contributed by atoms with Gasteiger partial charge in [-0.05, 0) is 12.1 Å². The molecular weight excluding hydrogens is 154 g/mol. The minimum atomic E-state index is 0.390. The van der Waals surface area contributed by atoms with Gasteiger partial charge in [0.1, 0.15) is 12.0 Å². The van der Waals surface area contributed by atoms with E-state index < -0.39 is 0 Å². The van der Waals surface area contributed by atoms with E-state index >= 15 is 0 Å². The van der Waals surface area contributed by atoms with Gasteiger partial charge in [0, 0.05) is 11.6 Å². The van der Waals surface area contributed by atoms with Crippen molar-refractivity contribution in [3.05, 3.63) is 30.4 Å². The number of hydrogen-bond acceptors (Lipinski definition) is 4. The van der Waals surface area contributed by atoms with E-state index in [2.05, 4.69) is 15.0 Å². The number of nitrogens with zero attached hydrogens (tertiary/aromatic N) is 3. The van der Waals surface area contributed by atoms with Crippen molar-refractivity contribution < 1.29 is 4.79 Å². The highest BCUT2D eigenvalue weighted by Crippen LogP contribution is 2.05. The van der Waals surface area contributed by atoms with Crippen molar-refractivity contribution >= 4 is 17.3 Å². The van der Waals surface area contributed by atoms with Gasteiger partial charge in [-0.1, -0.05) is 0 Å². The smallest absolute Gasteiger partial charge is 0.168 e. The van der Waals surface area contributed by atoms with Gasteiger partial charge >= 0.3 is 0 Å². The number of carbonyl (C=O) groups excluding carboxylic acids is 1. The lowest BCUT2D eigenvalue weighted by molar-refractivity contribution is 0.111. The first-order valence-corrected chi connectivity index (χ1v) is 3.42. The molecule has 0 aliphatic carbocycles. The second kappa shape index (κ2) is 2.65. The van der Waals surface area contributed by atoms with Crippen molar-refractivity contribution in [1.29, 1.82) is 0 Å². The monoisotopic (exact) mass is 159 g/mol. The zero-order valence-corrected chi connectivity index (χ0v) is 6.14. The summed E-state index contributed by atoms with van der Waals surface area (Å²) < 4.78 is 0. The molecule has 12 heavy (non-hydrogen) atoms. The van der Waals surface area contributed by atoms with Gasteiger partial charge in [0.15, 0.2) is 11.9 Å². The van der Waals surface area contributed by atoms with Gasteiger partial charge in [-0.3, -0.25) is 4.79 Å². The molecule has 0 aromatic carbocycles. The van der Waals surface area contributed by atoms with Crippen LogP contribution in [0, 0.1) is 0 Å². The van der Waals surface area contributed by atoms with E-state index in [9.17, 15) is 4.79 Å². The maximum Gasteiger partial charge on any atom is 0.168 e. The van der Waals surface area contributed by atoms with Crippen molar-refractivity contribution in [2.45, 2.75) is 0 Å². The Morgan fingerprint density at radius 3 is 3.08 bits per heavy atom. The van der Waals surface area contributed by atoms with Gasteiger partial charge in [0.05, 0.1) is 0 Å². The van der Waals surface area contributed by atoms with Gasteiger partial charge in [-0.15, -0.1) is 0 Å². The van der Waals surface area contributed by atoms with E-state index in [1.165, 1.54) is 6.33 Å². The lowest BCUT2D eigenvalue weighted by Crippen LogP contribution is -1.89. The second-order valence-corrected chi connectivity index (χ2v) is 2.29. The van der Waals surface area contributed by atoms with Gasteiger partial charge in [0.2, 0.25) is 0 Å². The number of carbonyl (C=O) groups is 1. The summed E-state index contributed by atoms with van der Waals surface area (Å²) in [5.41, 5.74) is 0.941. The molecule has 4 heteroatoms. The molecule has 0 saturated carbocycles. The van der Waals surface area contributed by atoms with E-state index in [1.807, 2.05) is 0 Å². The third-order valence-electron chi connectivity index (χ3n) is 1.51. The summed E-state index contributed by atoms with van der Waals surface area (Å²) in [6.07, 6.45) is 3.76. The average Bonchev–Trinajstić information content (AvgIpc) is 2.17. The molecule has 4 nitrogen and oxygen atoms in total. The topological polar surface area (TPSA) is 55.7 Å². The Balaban J connectivity index is 2.75. The van der Waals surface area contributed by atoms with Gasteiger partial charge in [-0.25, -0.2) is 15.0 Å². The molecule has 0 unspecified atom stereocenters. The molecule has 2 heterocycles. The minimum absolute atomic E-state index is 0.390. The molecule has 0 aliphatic heterocycles. The third kappa shape index (κ3) is 1.03. The Hall–Kier alpha value is -1.84. The van der Waals surface area contributed by atoms with E-state index in [4.69, 9.17) is 0 Å². The summed E-state index contributed by atoms with van der Waals surface area (Å²) in [6, 6.07) is 3.41. The van der Waals surface area contributed by atoms with Crippen LogP contribution in [0.5, 0.6) is 0 Å². The highest BCUT2D eigenvalue weighted by atomic mass is 16.1. The van der Waals surface area contributed by atoms with Crippen molar-refractivity contribution in [3.8, 4) is 0 Å². The molecular formula is C8H5N3O. The zero-order chi connectivity index (χ0) is 8.39. The molecule has 0 atom stereocenters. The van der Waals surface area contributed by atoms with Crippen LogP contribution in [0.4, 0.5) is 0 Å². The fourth-order valence-corrected chi connectivity index (χ4v) is 0.945. The second-order valence-electron chi connectivity index (χ2n) is 2.29. The molecule has 0 radical (unpaired) electrons. The van der Waals surface area contributed by atoms with E-state index in [0.717, 1.165) is 5.39 Å². The number of aromatic nitrogens is 3. The molecule has 0 saturated heterocycles. The molecule has 2 aromatic rings. The Kier molecular flexibility index (Phi) is 1.51. The maximum atomic E-state index is 10.3. The molecule has 0 N–H and O–H groups in total. The normalized spacial score (nSPS) is 10.0. The number of rotatable bonds is 1. The van der Waals surface area contributed by atoms with Crippen LogP contribution in [-0.4, -0.2) is 21.2 Å². The quantitative estimate of drug-likeness (QED) is 0.578. The Bertz CT molecular complexity index is 427. The third-order valence-corrected chi connectivity index (χ3v) is 1.51. The van der Waals surface area contributed by atoms with E-state index in [-0.39, 0.29) is 0 Å². The summed E-state index contributed by atoms with van der Waals surface area (Å²) in [5, 5.41) is 0.836. The first kappa shape index (κ1) is 6.84. The van der Waals surface area contributed by atoms with Crippen LogP contribution in [0.1, 0.15) is 10.5 Å². The lowest BCUT2D eigenvalue weighted by atomic mass is 10.3. The maximum absolute atomic E-state index is 10.3. The van der Waals surface area contributed by atoms with Crippen LogP contribution >= 0.6 is 0 Å². The number of hydrogen-bond donors (Lipinski definition) is 0. The molecule has 0 fully saturated rings. The number of aldehydes is 1. The zero-order valence-electron chi connectivity index (χ0n) is 6.14. The van der Waals surface area contributed by atoms with Crippen molar-refractivity contribution in [2.75, 3.05) is 0 Å². The van der Waals surface area contributed by atoms with Crippen molar-refractivity contribution in [2.24, 2.45) is 0 Å². The van der Waals surface area contributed by atoms with E-state index in [0.29, 0.717) is 17.6 Å². The predicted molar refractivity (Wildman–Crippen MR) is 42.7 cm³/mol. The predicted octanol–water partition coefficient (Wildman–Crippen LogP) is 0.837. The van der Waals surface area contributed by atoms with Gasteiger partial charge < -0.3 is 0 Å². The number of fused-ring (bicyclic) bond motifs is 1. The standard InChI is InChI=1S/C8H5N3O/c12-4-7-2-1-6-3-9-5-10-8(6)11-7/h1-5H. The van der Waals surface area contributed by atoms with Crippen LogP contribution in [0.2, 0.25) is 0 Å². The highest BCUT2D eigenvalue weighted by molar-refractivity contribution is 5.80. The summed E-state index contributed by atoms with van der Waals surface area (Å²) in [4.78, 5) is 22.1. The van der Waals surface area contributed by atoms with Gasteiger partial charge in [0.25, 0.3) is 0 Å². The summed E-state index contributed by atoms with van der Waals surface area (Å²) in [7, 11) is 0. The largest absolute Gasteiger partial charge is 0.296 e. The molecule has 0 spiro atoms. The fourth-order valence-electron chi connectivity index (χ4n) is 0.945. The summed E-state index contributed by atoms with van der Waals surface area (Å²) >= 11 is 0. The summed E-state index contributed by atoms with van der Waals surface area (Å²) in [6.45, 7) is 0. The molecule has 58 valence electrons. The van der Waals surface area contributed by atoms with Crippen molar-refractivity contribution in [3.63, 3.8) is 0 Å². The van der Waals surface area contributed by atoms with Crippen LogP contribution < -0.4 is 0 Å². The lowest BCUT2D eigenvalue weighted by Gasteiger charge is -1.93. The first-order chi connectivity index (χ1) is 5.90. The van der Waals surface area contributed by atoms with Crippen LogP contribution in [-0.2, 0) is 0 Å². The molecule has 0 amide bonds.